The molecule has 0 aliphatic heterocycles. The predicted molar refractivity (Wildman–Crippen MR) is 67.7 cm³/mol. The first-order chi connectivity index (χ1) is 8.61. The van der Waals surface area contributed by atoms with Gasteiger partial charge in [-0.25, -0.2) is 9.78 Å². The van der Waals surface area contributed by atoms with Gasteiger partial charge in [-0.1, -0.05) is 0 Å². The smallest absolute Gasteiger partial charge is 0.339 e. The van der Waals surface area contributed by atoms with E-state index in [0.29, 0.717) is 11.5 Å². The van der Waals surface area contributed by atoms with Gasteiger partial charge in [0.2, 0.25) is 0 Å². The number of carboxylic acid groups (broad SMARTS) is 1. The summed E-state index contributed by atoms with van der Waals surface area (Å²) in [5.41, 5.74) is 5.98. The van der Waals surface area contributed by atoms with Crippen molar-refractivity contribution in [1.82, 2.24) is 4.98 Å². The summed E-state index contributed by atoms with van der Waals surface area (Å²) in [6.07, 6.45) is 4.54. The molecule has 6 nitrogen and oxygen atoms in total. The number of aromatic nitrogens is 1. The molecule has 0 spiro atoms. The van der Waals surface area contributed by atoms with Gasteiger partial charge in [0.1, 0.15) is 11.4 Å². The summed E-state index contributed by atoms with van der Waals surface area (Å²) < 4.78 is 5.36. The van der Waals surface area contributed by atoms with E-state index in [4.69, 9.17) is 15.6 Å². The van der Waals surface area contributed by atoms with E-state index >= 15 is 0 Å². The van der Waals surface area contributed by atoms with Crippen molar-refractivity contribution in [2.24, 2.45) is 0 Å². The summed E-state index contributed by atoms with van der Waals surface area (Å²) in [4.78, 5) is 15.2. The molecular formula is C12H17N3O3. The lowest BCUT2D eigenvalue weighted by Crippen LogP contribution is -2.30. The monoisotopic (exact) mass is 251 g/mol. The van der Waals surface area contributed by atoms with Crippen molar-refractivity contribution in [3.05, 3.63) is 17.8 Å². The van der Waals surface area contributed by atoms with Gasteiger partial charge in [-0.15, -0.1) is 0 Å². The molecule has 0 amide bonds. The fourth-order valence-electron chi connectivity index (χ4n) is 2.31. The van der Waals surface area contributed by atoms with Crippen molar-refractivity contribution in [2.45, 2.75) is 31.4 Å². The van der Waals surface area contributed by atoms with Gasteiger partial charge in [0, 0.05) is 7.11 Å². The number of hydrogen-bond acceptors (Lipinski definition) is 5. The van der Waals surface area contributed by atoms with Crippen LogP contribution in [0.15, 0.2) is 12.3 Å². The van der Waals surface area contributed by atoms with Gasteiger partial charge >= 0.3 is 5.97 Å². The SMILES string of the molecule is COC1CCCC1Nc1ncc(N)cc1C(=O)O. The molecule has 0 saturated heterocycles. The van der Waals surface area contributed by atoms with Gasteiger partial charge in [-0.2, -0.15) is 0 Å². The zero-order valence-electron chi connectivity index (χ0n) is 10.2. The maximum Gasteiger partial charge on any atom is 0.339 e. The highest BCUT2D eigenvalue weighted by Gasteiger charge is 2.28. The number of aromatic carboxylic acids is 1. The summed E-state index contributed by atoms with van der Waals surface area (Å²) in [7, 11) is 1.67. The fraction of sp³-hybridized carbons (Fsp3) is 0.500. The molecule has 1 fully saturated rings. The number of nitrogen functional groups attached to an aromatic ring is 1. The Labute approximate surface area is 105 Å². The van der Waals surface area contributed by atoms with Crippen molar-refractivity contribution < 1.29 is 14.6 Å². The Kier molecular flexibility index (Phi) is 3.66. The topological polar surface area (TPSA) is 97.5 Å². The normalized spacial score (nSPS) is 22.9. The quantitative estimate of drug-likeness (QED) is 0.747. The highest BCUT2D eigenvalue weighted by Crippen LogP contribution is 2.26. The maximum absolute atomic E-state index is 11.1. The van der Waals surface area contributed by atoms with Gasteiger partial charge < -0.3 is 20.9 Å². The summed E-state index contributed by atoms with van der Waals surface area (Å²) in [6.45, 7) is 0. The summed E-state index contributed by atoms with van der Waals surface area (Å²) in [5.74, 6) is -0.685. The average molecular weight is 251 g/mol. The van der Waals surface area contributed by atoms with E-state index < -0.39 is 5.97 Å². The Balaban J connectivity index is 2.20. The molecular weight excluding hydrogens is 234 g/mol. The minimum atomic E-state index is -1.04. The van der Waals surface area contributed by atoms with Crippen LogP contribution in [-0.4, -0.2) is 35.3 Å². The van der Waals surface area contributed by atoms with Gasteiger partial charge in [0.05, 0.1) is 24.0 Å². The number of nitrogens with zero attached hydrogens (tertiary/aromatic N) is 1. The van der Waals surface area contributed by atoms with Crippen molar-refractivity contribution >= 4 is 17.5 Å². The molecule has 1 saturated carbocycles. The van der Waals surface area contributed by atoms with Crippen LogP contribution in [0.25, 0.3) is 0 Å². The fourth-order valence-corrected chi connectivity index (χ4v) is 2.31. The second-order valence-corrected chi connectivity index (χ2v) is 4.43. The number of carboxylic acids is 1. The number of anilines is 2. The molecule has 18 heavy (non-hydrogen) atoms. The van der Waals surface area contributed by atoms with Gasteiger partial charge in [0.15, 0.2) is 0 Å². The van der Waals surface area contributed by atoms with Crippen molar-refractivity contribution in [3.8, 4) is 0 Å². The van der Waals surface area contributed by atoms with Gasteiger partial charge in [0.25, 0.3) is 0 Å². The zero-order chi connectivity index (χ0) is 13.1. The lowest BCUT2D eigenvalue weighted by molar-refractivity contribution is 0.0697. The molecule has 1 heterocycles. The van der Waals surface area contributed by atoms with Crippen LogP contribution in [-0.2, 0) is 4.74 Å². The Hall–Kier alpha value is -1.82. The number of hydrogen-bond donors (Lipinski definition) is 3. The molecule has 0 bridgehead atoms. The van der Waals surface area contributed by atoms with E-state index in [-0.39, 0.29) is 17.7 Å². The van der Waals surface area contributed by atoms with E-state index in [1.165, 1.54) is 12.3 Å². The van der Waals surface area contributed by atoms with Gasteiger partial charge in [-0.05, 0) is 25.3 Å². The first-order valence-electron chi connectivity index (χ1n) is 5.90. The molecule has 6 heteroatoms. The Morgan fingerprint density at radius 2 is 2.39 bits per heavy atom. The summed E-state index contributed by atoms with van der Waals surface area (Å²) in [6, 6.07) is 1.51. The maximum atomic E-state index is 11.1. The lowest BCUT2D eigenvalue weighted by atomic mass is 10.2. The van der Waals surface area contributed by atoms with E-state index in [9.17, 15) is 4.79 Å². The Morgan fingerprint density at radius 1 is 1.61 bits per heavy atom. The molecule has 2 rings (SSSR count). The van der Waals surface area contributed by atoms with Crippen LogP contribution < -0.4 is 11.1 Å². The number of rotatable bonds is 4. The lowest BCUT2D eigenvalue weighted by Gasteiger charge is -2.21. The van der Waals surface area contributed by atoms with E-state index in [2.05, 4.69) is 10.3 Å². The van der Waals surface area contributed by atoms with E-state index in [1.54, 1.807) is 7.11 Å². The number of nitrogens with two attached hydrogens (primary N) is 1. The summed E-state index contributed by atoms with van der Waals surface area (Å²) in [5, 5.41) is 12.3. The van der Waals surface area contributed by atoms with Crippen LogP contribution in [0.1, 0.15) is 29.6 Å². The Bertz CT molecular complexity index is 450. The molecule has 1 aliphatic rings. The third-order valence-electron chi connectivity index (χ3n) is 3.22. The molecule has 1 aromatic rings. The first kappa shape index (κ1) is 12.6. The van der Waals surface area contributed by atoms with E-state index in [1.807, 2.05) is 0 Å². The van der Waals surface area contributed by atoms with Gasteiger partial charge in [-0.3, -0.25) is 0 Å². The molecule has 98 valence electrons. The van der Waals surface area contributed by atoms with E-state index in [0.717, 1.165) is 19.3 Å². The van der Waals surface area contributed by atoms with Crippen LogP contribution >= 0.6 is 0 Å². The van der Waals surface area contributed by atoms with Crippen LogP contribution in [0.3, 0.4) is 0 Å². The molecule has 1 aliphatic carbocycles. The van der Waals surface area contributed by atoms with Crippen LogP contribution in [0.2, 0.25) is 0 Å². The molecule has 1 aromatic heterocycles. The highest BCUT2D eigenvalue weighted by molar-refractivity contribution is 5.94. The van der Waals surface area contributed by atoms with Crippen LogP contribution in [0.4, 0.5) is 11.5 Å². The number of methoxy groups -OCH3 is 1. The third kappa shape index (κ3) is 2.53. The standard InChI is InChI=1S/C12H17N3O3/c1-18-10-4-2-3-9(10)15-11-8(12(16)17)5-7(13)6-14-11/h5-6,9-10H,2-4,13H2,1H3,(H,14,15)(H,16,17). The largest absolute Gasteiger partial charge is 0.478 e. The van der Waals surface area contributed by atoms with Crippen LogP contribution in [0, 0.1) is 0 Å². The Morgan fingerprint density at radius 3 is 3.06 bits per heavy atom. The number of pyridine rings is 1. The minimum absolute atomic E-state index is 0.0942. The highest BCUT2D eigenvalue weighted by atomic mass is 16.5. The number of carbonyl (C=O) groups is 1. The molecule has 0 aromatic carbocycles. The predicted octanol–water partition coefficient (Wildman–Crippen LogP) is 1.34. The molecule has 4 N–H and O–H groups in total. The second kappa shape index (κ2) is 5.22. The third-order valence-corrected chi connectivity index (χ3v) is 3.22. The number of nitrogens with one attached hydrogen (secondary N) is 1. The van der Waals surface area contributed by atoms with Crippen molar-refractivity contribution in [2.75, 3.05) is 18.2 Å². The molecule has 0 radical (unpaired) electrons. The summed E-state index contributed by atoms with van der Waals surface area (Å²) >= 11 is 0. The van der Waals surface area contributed by atoms with Crippen molar-refractivity contribution in [3.63, 3.8) is 0 Å². The number of ether oxygens (including phenoxy) is 1. The zero-order valence-corrected chi connectivity index (χ0v) is 10.2. The van der Waals surface area contributed by atoms with Crippen molar-refractivity contribution in [1.29, 1.82) is 0 Å². The molecule has 2 unspecified atom stereocenters. The second-order valence-electron chi connectivity index (χ2n) is 4.43. The molecule has 2 atom stereocenters. The average Bonchev–Trinajstić information content (AvgIpc) is 2.78. The first-order valence-corrected chi connectivity index (χ1v) is 5.90. The van der Waals surface area contributed by atoms with Crippen LogP contribution in [0.5, 0.6) is 0 Å². The minimum Gasteiger partial charge on any atom is -0.478 e.